The molecule has 0 aliphatic carbocycles. The summed E-state index contributed by atoms with van der Waals surface area (Å²) in [4.78, 5) is 4.15. The van der Waals surface area contributed by atoms with Gasteiger partial charge in [0.05, 0.1) is 12.2 Å². The van der Waals surface area contributed by atoms with Crippen LogP contribution >= 0.6 is 23.6 Å². The molecule has 0 unspecified atom stereocenters. The van der Waals surface area contributed by atoms with E-state index >= 15 is 0 Å². The molecule has 2 aromatic heterocycles. The van der Waals surface area contributed by atoms with E-state index in [1.54, 1.807) is 17.5 Å². The summed E-state index contributed by atoms with van der Waals surface area (Å²) in [5, 5.41) is 2.08. The van der Waals surface area contributed by atoms with E-state index in [1.807, 2.05) is 43.5 Å². The molecule has 2 nitrogen and oxygen atoms in total. The van der Waals surface area contributed by atoms with Gasteiger partial charge in [0.15, 0.2) is 3.95 Å². The molecule has 0 saturated heterocycles. The minimum Gasteiger partial charge on any atom is -0.318 e. The van der Waals surface area contributed by atoms with E-state index < -0.39 is 0 Å². The molecule has 0 aliphatic heterocycles. The van der Waals surface area contributed by atoms with Gasteiger partial charge in [0.25, 0.3) is 0 Å². The lowest BCUT2D eigenvalue weighted by atomic mass is 10.1. The fraction of sp³-hybridized carbons (Fsp3) is 0.125. The highest BCUT2D eigenvalue weighted by atomic mass is 32.1. The maximum atomic E-state index is 5.43. The summed E-state index contributed by atoms with van der Waals surface area (Å²) in [7, 11) is 0. The van der Waals surface area contributed by atoms with Gasteiger partial charge in [-0.05, 0) is 36.3 Å². The Morgan fingerprint density at radius 1 is 1.55 bits per heavy atom. The van der Waals surface area contributed by atoms with E-state index in [0.717, 1.165) is 27.3 Å². The van der Waals surface area contributed by atoms with Gasteiger partial charge in [-0.15, -0.1) is 11.3 Å². The highest BCUT2D eigenvalue weighted by Gasteiger charge is 2.07. The molecule has 2 heterocycles. The maximum absolute atomic E-state index is 5.43. The van der Waals surface area contributed by atoms with Gasteiger partial charge in [0.1, 0.15) is 0 Å². The Morgan fingerprint density at radius 2 is 2.40 bits per heavy atom. The number of pyridine rings is 1. The third kappa shape index (κ3) is 3.40. The van der Waals surface area contributed by atoms with Crippen molar-refractivity contribution in [2.45, 2.75) is 13.5 Å². The van der Waals surface area contributed by atoms with Crippen molar-refractivity contribution in [2.75, 3.05) is 0 Å². The third-order valence-electron chi connectivity index (χ3n) is 2.83. The number of allylic oxidation sites excluding steroid dienone is 5. The number of hydrogen-bond donors (Lipinski definition) is 0. The summed E-state index contributed by atoms with van der Waals surface area (Å²) in [6.45, 7) is 6.61. The first-order valence-electron chi connectivity index (χ1n) is 6.29. The largest absolute Gasteiger partial charge is 0.318 e. The zero-order valence-corrected chi connectivity index (χ0v) is 13.0. The van der Waals surface area contributed by atoms with Crippen LogP contribution in [0.5, 0.6) is 0 Å². The summed E-state index contributed by atoms with van der Waals surface area (Å²) in [6, 6.07) is 3.99. The summed E-state index contributed by atoms with van der Waals surface area (Å²) in [5.41, 5.74) is 3.30. The second-order valence-electron chi connectivity index (χ2n) is 4.19. The second-order valence-corrected chi connectivity index (χ2v) is 5.69. The first-order valence-corrected chi connectivity index (χ1v) is 7.58. The van der Waals surface area contributed by atoms with Crippen molar-refractivity contribution in [1.29, 1.82) is 0 Å². The summed E-state index contributed by atoms with van der Waals surface area (Å²) < 4.78 is 2.98. The van der Waals surface area contributed by atoms with Crippen LogP contribution in [0, 0.1) is 3.95 Å². The fourth-order valence-corrected chi connectivity index (χ4v) is 2.91. The average molecular weight is 300 g/mol. The Bertz CT molecular complexity index is 691. The Hall–Kier alpha value is -1.78. The van der Waals surface area contributed by atoms with Crippen molar-refractivity contribution < 1.29 is 0 Å². The van der Waals surface area contributed by atoms with Crippen LogP contribution in [-0.4, -0.2) is 9.55 Å². The quantitative estimate of drug-likeness (QED) is 0.579. The van der Waals surface area contributed by atoms with Gasteiger partial charge in [0.2, 0.25) is 0 Å². The lowest BCUT2D eigenvalue weighted by Crippen LogP contribution is -2.03. The van der Waals surface area contributed by atoms with Crippen LogP contribution in [0.3, 0.4) is 0 Å². The SMILES string of the molecule is C=C/C(=C\C=C/C)c1csc(=S)n1Cc1cccnc1. The van der Waals surface area contributed by atoms with Crippen molar-refractivity contribution in [2.24, 2.45) is 0 Å². The molecule has 2 aromatic rings. The van der Waals surface area contributed by atoms with Crippen LogP contribution in [-0.2, 0) is 6.54 Å². The van der Waals surface area contributed by atoms with E-state index in [1.165, 1.54) is 0 Å². The van der Waals surface area contributed by atoms with Gasteiger partial charge in [0, 0.05) is 17.8 Å². The Balaban J connectivity index is 2.42. The third-order valence-corrected chi connectivity index (χ3v) is 4.10. The number of thiazole rings is 1. The zero-order chi connectivity index (χ0) is 14.4. The van der Waals surface area contributed by atoms with Gasteiger partial charge < -0.3 is 4.57 Å². The average Bonchev–Trinajstić information content (AvgIpc) is 2.83. The summed E-state index contributed by atoms with van der Waals surface area (Å²) >= 11 is 7.01. The monoisotopic (exact) mass is 300 g/mol. The van der Waals surface area contributed by atoms with Crippen molar-refractivity contribution in [3.8, 4) is 0 Å². The van der Waals surface area contributed by atoms with Crippen molar-refractivity contribution >= 4 is 29.1 Å². The van der Waals surface area contributed by atoms with Gasteiger partial charge in [-0.2, -0.15) is 0 Å². The van der Waals surface area contributed by atoms with Crippen LogP contribution in [0.25, 0.3) is 5.57 Å². The van der Waals surface area contributed by atoms with E-state index in [4.69, 9.17) is 12.2 Å². The minimum atomic E-state index is 0.729. The minimum absolute atomic E-state index is 0.729. The maximum Gasteiger partial charge on any atom is 0.161 e. The van der Waals surface area contributed by atoms with Crippen molar-refractivity contribution in [3.63, 3.8) is 0 Å². The molecule has 0 bridgehead atoms. The Kier molecular flexibility index (Phi) is 5.21. The highest BCUT2D eigenvalue weighted by Crippen LogP contribution is 2.22. The fourth-order valence-electron chi connectivity index (χ4n) is 1.84. The van der Waals surface area contributed by atoms with Crippen LogP contribution in [0.4, 0.5) is 0 Å². The first-order chi connectivity index (χ1) is 9.76. The lowest BCUT2D eigenvalue weighted by Gasteiger charge is -2.09. The molecular formula is C16H16N2S2. The smallest absolute Gasteiger partial charge is 0.161 e. The van der Waals surface area contributed by atoms with Crippen LogP contribution in [0.1, 0.15) is 18.2 Å². The van der Waals surface area contributed by atoms with Crippen molar-refractivity contribution in [1.82, 2.24) is 9.55 Å². The number of aromatic nitrogens is 2. The molecule has 2 rings (SSSR count). The molecule has 0 N–H and O–H groups in total. The van der Waals surface area contributed by atoms with Crippen LogP contribution in [0.2, 0.25) is 0 Å². The Labute approximate surface area is 128 Å². The molecular weight excluding hydrogens is 284 g/mol. The predicted octanol–water partition coefficient (Wildman–Crippen LogP) is 4.87. The molecule has 102 valence electrons. The Morgan fingerprint density at radius 3 is 3.05 bits per heavy atom. The number of hydrogen-bond acceptors (Lipinski definition) is 3. The summed E-state index contributed by atoms with van der Waals surface area (Å²) in [6.07, 6.45) is 11.5. The van der Waals surface area contributed by atoms with E-state index in [2.05, 4.69) is 27.6 Å². The van der Waals surface area contributed by atoms with E-state index in [0.29, 0.717) is 0 Å². The number of rotatable bonds is 5. The lowest BCUT2D eigenvalue weighted by molar-refractivity contribution is 0.785. The molecule has 0 spiro atoms. The molecule has 20 heavy (non-hydrogen) atoms. The van der Waals surface area contributed by atoms with Crippen LogP contribution in [0.15, 0.2) is 60.8 Å². The molecule has 0 aromatic carbocycles. The van der Waals surface area contributed by atoms with Crippen LogP contribution < -0.4 is 0 Å². The van der Waals surface area contributed by atoms with Crippen molar-refractivity contribution in [3.05, 3.63) is 76.0 Å². The number of nitrogens with zero attached hydrogens (tertiary/aromatic N) is 2. The highest BCUT2D eigenvalue weighted by molar-refractivity contribution is 7.73. The van der Waals surface area contributed by atoms with E-state index in [9.17, 15) is 0 Å². The zero-order valence-electron chi connectivity index (χ0n) is 11.3. The van der Waals surface area contributed by atoms with Gasteiger partial charge in [-0.25, -0.2) is 0 Å². The predicted molar refractivity (Wildman–Crippen MR) is 89.5 cm³/mol. The molecule has 4 heteroatoms. The van der Waals surface area contributed by atoms with Gasteiger partial charge in [-0.1, -0.05) is 36.9 Å². The molecule has 0 fully saturated rings. The van der Waals surface area contributed by atoms with E-state index in [-0.39, 0.29) is 0 Å². The topological polar surface area (TPSA) is 17.8 Å². The molecule has 0 amide bonds. The normalized spacial score (nSPS) is 11.9. The van der Waals surface area contributed by atoms with Gasteiger partial charge in [-0.3, -0.25) is 4.98 Å². The second kappa shape index (κ2) is 7.12. The molecule has 0 saturated carbocycles. The standard InChI is InChI=1S/C16H16N2S2/c1-3-5-8-14(4-2)15-12-20-16(19)18(15)11-13-7-6-9-17-10-13/h3-10,12H,2,11H2,1H3/b5-3-,14-8+. The molecule has 0 aliphatic rings. The van der Waals surface area contributed by atoms with Gasteiger partial charge >= 0.3 is 0 Å². The summed E-state index contributed by atoms with van der Waals surface area (Å²) in [5.74, 6) is 0. The first kappa shape index (κ1) is 14.6. The molecule has 0 atom stereocenters. The molecule has 0 radical (unpaired) electrons.